The smallest absolute Gasteiger partial charge is 0.413 e. The Morgan fingerprint density at radius 2 is 1.85 bits per heavy atom. The van der Waals surface area contributed by atoms with Crippen LogP contribution in [0, 0.1) is 0 Å². The molecule has 7 nitrogen and oxygen atoms in total. The standard InChI is InChI=1S/C19H22ClN5O2/c1-11(2)27-18(26)23-16-14-15(12-6-8-13(20)9-7-12)24-25(19(3,4)5)17(14)22-10-21-16/h6-11H,1-5H3,(H,21,22,23,26). The van der Waals surface area contributed by atoms with Gasteiger partial charge in [-0.25, -0.2) is 19.4 Å². The number of nitrogens with zero attached hydrogens (tertiary/aromatic N) is 4. The molecule has 0 saturated heterocycles. The summed E-state index contributed by atoms with van der Waals surface area (Å²) in [5.41, 5.74) is 1.83. The van der Waals surface area contributed by atoms with Gasteiger partial charge in [0.05, 0.1) is 17.0 Å². The number of carbonyl (C=O) groups is 1. The van der Waals surface area contributed by atoms with Gasteiger partial charge in [0.1, 0.15) is 12.0 Å². The Hall–Kier alpha value is -2.67. The van der Waals surface area contributed by atoms with E-state index in [-0.39, 0.29) is 11.6 Å². The number of rotatable bonds is 3. The molecule has 0 fully saturated rings. The molecule has 2 aromatic heterocycles. The fourth-order valence-corrected chi connectivity index (χ4v) is 2.79. The Bertz CT molecular complexity index is 974. The average molecular weight is 388 g/mol. The van der Waals surface area contributed by atoms with Gasteiger partial charge in [0.25, 0.3) is 0 Å². The van der Waals surface area contributed by atoms with Crippen molar-refractivity contribution < 1.29 is 9.53 Å². The maximum atomic E-state index is 12.1. The highest BCUT2D eigenvalue weighted by molar-refractivity contribution is 6.30. The van der Waals surface area contributed by atoms with Gasteiger partial charge in [-0.05, 0) is 46.8 Å². The Labute approximate surface area is 162 Å². The van der Waals surface area contributed by atoms with Crippen LogP contribution in [-0.2, 0) is 10.3 Å². The van der Waals surface area contributed by atoms with Crippen LogP contribution in [-0.4, -0.2) is 31.9 Å². The Kier molecular flexibility index (Phi) is 5.06. The van der Waals surface area contributed by atoms with Crippen LogP contribution >= 0.6 is 11.6 Å². The molecule has 0 atom stereocenters. The van der Waals surface area contributed by atoms with Gasteiger partial charge in [0.15, 0.2) is 11.5 Å². The van der Waals surface area contributed by atoms with E-state index in [4.69, 9.17) is 21.4 Å². The van der Waals surface area contributed by atoms with Gasteiger partial charge >= 0.3 is 6.09 Å². The molecule has 1 amide bonds. The molecule has 0 aliphatic heterocycles. The molecule has 0 aliphatic rings. The predicted octanol–water partition coefficient (Wildman–Crippen LogP) is 4.86. The van der Waals surface area contributed by atoms with E-state index in [2.05, 4.69) is 15.3 Å². The molecule has 27 heavy (non-hydrogen) atoms. The van der Waals surface area contributed by atoms with Crippen LogP contribution < -0.4 is 5.32 Å². The SMILES string of the molecule is CC(C)OC(=O)Nc1ncnc2c1c(-c1ccc(Cl)cc1)nn2C(C)(C)C. The van der Waals surface area contributed by atoms with Crippen LogP contribution in [0.15, 0.2) is 30.6 Å². The summed E-state index contributed by atoms with van der Waals surface area (Å²) in [5, 5.41) is 8.76. The first-order valence-corrected chi connectivity index (χ1v) is 9.02. The lowest BCUT2D eigenvalue weighted by Gasteiger charge is -2.19. The first-order chi connectivity index (χ1) is 12.7. The molecule has 0 saturated carbocycles. The van der Waals surface area contributed by atoms with Crippen molar-refractivity contribution in [1.82, 2.24) is 19.7 Å². The van der Waals surface area contributed by atoms with Crippen molar-refractivity contribution in [3.63, 3.8) is 0 Å². The summed E-state index contributed by atoms with van der Waals surface area (Å²) in [4.78, 5) is 20.8. The summed E-state index contributed by atoms with van der Waals surface area (Å²) < 4.78 is 7.01. The van der Waals surface area contributed by atoms with Crippen LogP contribution in [0.5, 0.6) is 0 Å². The molecule has 142 valence electrons. The number of aromatic nitrogens is 4. The number of hydrogen-bond acceptors (Lipinski definition) is 5. The van der Waals surface area contributed by atoms with Crippen molar-refractivity contribution >= 4 is 34.5 Å². The van der Waals surface area contributed by atoms with Gasteiger partial charge in [0, 0.05) is 10.6 Å². The van der Waals surface area contributed by atoms with Crippen molar-refractivity contribution in [3.8, 4) is 11.3 Å². The second-order valence-electron chi connectivity index (χ2n) is 7.44. The first-order valence-electron chi connectivity index (χ1n) is 8.64. The molecule has 0 unspecified atom stereocenters. The zero-order valence-electron chi connectivity index (χ0n) is 15.9. The van der Waals surface area contributed by atoms with Crippen molar-refractivity contribution in [3.05, 3.63) is 35.6 Å². The van der Waals surface area contributed by atoms with Gasteiger partial charge in [-0.2, -0.15) is 5.10 Å². The number of nitrogens with one attached hydrogen (secondary N) is 1. The van der Waals surface area contributed by atoms with Crippen molar-refractivity contribution in [2.24, 2.45) is 0 Å². The molecule has 0 radical (unpaired) electrons. The molecule has 0 spiro atoms. The van der Waals surface area contributed by atoms with Crippen molar-refractivity contribution in [2.75, 3.05) is 5.32 Å². The Balaban J connectivity index is 2.21. The number of ether oxygens (including phenoxy) is 1. The fourth-order valence-electron chi connectivity index (χ4n) is 2.66. The van der Waals surface area contributed by atoms with Crippen LogP contribution in [0.3, 0.4) is 0 Å². The van der Waals surface area contributed by atoms with E-state index in [1.807, 2.05) is 37.6 Å². The first kappa shape index (κ1) is 19.1. The summed E-state index contributed by atoms with van der Waals surface area (Å²) in [6, 6.07) is 7.34. The van der Waals surface area contributed by atoms with Gasteiger partial charge in [0.2, 0.25) is 0 Å². The minimum absolute atomic E-state index is 0.240. The second kappa shape index (κ2) is 7.15. The summed E-state index contributed by atoms with van der Waals surface area (Å²) in [7, 11) is 0. The highest BCUT2D eigenvalue weighted by Crippen LogP contribution is 2.34. The monoisotopic (exact) mass is 387 g/mol. The zero-order valence-corrected chi connectivity index (χ0v) is 16.7. The fraction of sp³-hybridized carbons (Fsp3) is 0.368. The molecule has 1 N–H and O–H groups in total. The van der Waals surface area contributed by atoms with Gasteiger partial charge < -0.3 is 4.74 Å². The Morgan fingerprint density at radius 3 is 2.44 bits per heavy atom. The van der Waals surface area contributed by atoms with E-state index in [1.165, 1.54) is 6.33 Å². The van der Waals surface area contributed by atoms with E-state index in [0.717, 1.165) is 5.56 Å². The maximum Gasteiger partial charge on any atom is 0.413 e. The second-order valence-corrected chi connectivity index (χ2v) is 7.87. The average Bonchev–Trinajstić information content (AvgIpc) is 2.96. The van der Waals surface area contributed by atoms with E-state index in [9.17, 15) is 4.79 Å². The highest BCUT2D eigenvalue weighted by Gasteiger charge is 2.25. The molecule has 3 rings (SSSR count). The molecule has 0 aliphatic carbocycles. The topological polar surface area (TPSA) is 81.9 Å². The minimum atomic E-state index is -0.574. The largest absolute Gasteiger partial charge is 0.447 e. The number of hydrogen-bond donors (Lipinski definition) is 1. The maximum absolute atomic E-state index is 12.1. The van der Waals surface area contributed by atoms with E-state index in [1.54, 1.807) is 26.0 Å². The molecule has 1 aromatic carbocycles. The highest BCUT2D eigenvalue weighted by atomic mass is 35.5. The summed E-state index contributed by atoms with van der Waals surface area (Å²) >= 11 is 6.02. The third-order valence-electron chi connectivity index (χ3n) is 3.78. The number of carbonyl (C=O) groups excluding carboxylic acids is 1. The molecule has 8 heteroatoms. The summed E-state index contributed by atoms with van der Waals surface area (Å²) in [6.45, 7) is 9.67. The number of fused-ring (bicyclic) bond motifs is 1. The van der Waals surface area contributed by atoms with Crippen LogP contribution in [0.1, 0.15) is 34.6 Å². The van der Waals surface area contributed by atoms with Crippen LogP contribution in [0.4, 0.5) is 10.6 Å². The van der Waals surface area contributed by atoms with Crippen LogP contribution in [0.2, 0.25) is 5.02 Å². The molecular formula is C19H22ClN5O2. The third-order valence-corrected chi connectivity index (χ3v) is 4.03. The molecular weight excluding hydrogens is 366 g/mol. The lowest BCUT2D eigenvalue weighted by Crippen LogP contribution is -2.23. The Morgan fingerprint density at radius 1 is 1.19 bits per heavy atom. The van der Waals surface area contributed by atoms with Gasteiger partial charge in [-0.1, -0.05) is 23.7 Å². The molecule has 3 aromatic rings. The van der Waals surface area contributed by atoms with E-state index in [0.29, 0.717) is 27.6 Å². The zero-order chi connectivity index (χ0) is 19.8. The lowest BCUT2D eigenvalue weighted by atomic mass is 10.1. The number of anilines is 1. The lowest BCUT2D eigenvalue weighted by molar-refractivity contribution is 0.130. The number of halogens is 1. The normalized spacial score (nSPS) is 11.8. The van der Waals surface area contributed by atoms with Crippen molar-refractivity contribution in [1.29, 1.82) is 0 Å². The predicted molar refractivity (Wildman–Crippen MR) is 106 cm³/mol. The van der Waals surface area contributed by atoms with Gasteiger partial charge in [-0.15, -0.1) is 0 Å². The molecule has 2 heterocycles. The van der Waals surface area contributed by atoms with Crippen LogP contribution in [0.25, 0.3) is 22.3 Å². The van der Waals surface area contributed by atoms with Gasteiger partial charge in [-0.3, -0.25) is 5.32 Å². The minimum Gasteiger partial charge on any atom is -0.447 e. The van der Waals surface area contributed by atoms with E-state index >= 15 is 0 Å². The summed E-state index contributed by atoms with van der Waals surface area (Å²) in [5.74, 6) is 0.353. The third kappa shape index (κ3) is 4.03. The number of amides is 1. The molecule has 0 bridgehead atoms. The van der Waals surface area contributed by atoms with E-state index < -0.39 is 6.09 Å². The summed E-state index contributed by atoms with van der Waals surface area (Å²) in [6.07, 6.45) is 0.592. The quantitative estimate of drug-likeness (QED) is 0.694. The van der Waals surface area contributed by atoms with Crippen molar-refractivity contribution in [2.45, 2.75) is 46.3 Å². The number of benzene rings is 1.